The monoisotopic (exact) mass is 235 g/mol. The average molecular weight is 235 g/mol. The van der Waals surface area contributed by atoms with Crippen molar-refractivity contribution in [2.45, 2.75) is 33.1 Å². The van der Waals surface area contributed by atoms with Crippen LogP contribution >= 0.6 is 0 Å². The number of hydrogen-bond acceptors (Lipinski definition) is 3. The third-order valence-electron chi connectivity index (χ3n) is 2.83. The molecule has 0 radical (unpaired) electrons. The standard InChI is InChI=1S/C14H21NO2/c1-4-12-8-5-7-11(2)14(12)15-10-6-9-13(16)17-3/h5,7-8,15H,4,6,9-10H2,1-3H3. The van der Waals surface area contributed by atoms with Crippen LogP contribution in [-0.2, 0) is 16.0 Å². The van der Waals surface area contributed by atoms with Crippen molar-refractivity contribution < 1.29 is 9.53 Å². The van der Waals surface area contributed by atoms with E-state index >= 15 is 0 Å². The van der Waals surface area contributed by atoms with E-state index in [1.807, 2.05) is 0 Å². The number of benzene rings is 1. The van der Waals surface area contributed by atoms with Gasteiger partial charge in [-0.15, -0.1) is 0 Å². The molecule has 0 amide bonds. The molecular weight excluding hydrogens is 214 g/mol. The fourth-order valence-corrected chi connectivity index (χ4v) is 1.82. The van der Waals surface area contributed by atoms with E-state index in [4.69, 9.17) is 0 Å². The van der Waals surface area contributed by atoms with Gasteiger partial charge >= 0.3 is 5.97 Å². The first-order valence-corrected chi connectivity index (χ1v) is 6.08. The van der Waals surface area contributed by atoms with E-state index < -0.39 is 0 Å². The van der Waals surface area contributed by atoms with Gasteiger partial charge in [-0.1, -0.05) is 25.1 Å². The number of para-hydroxylation sites is 1. The number of esters is 1. The molecule has 0 aliphatic rings. The van der Waals surface area contributed by atoms with Crippen LogP contribution in [0.2, 0.25) is 0 Å². The van der Waals surface area contributed by atoms with Crippen molar-refractivity contribution >= 4 is 11.7 Å². The number of methoxy groups -OCH3 is 1. The Bertz CT molecular complexity index is 374. The predicted molar refractivity (Wildman–Crippen MR) is 70.3 cm³/mol. The minimum atomic E-state index is -0.146. The Morgan fingerprint density at radius 1 is 1.41 bits per heavy atom. The Morgan fingerprint density at radius 2 is 2.18 bits per heavy atom. The van der Waals surface area contributed by atoms with Crippen LogP contribution in [0, 0.1) is 6.92 Å². The zero-order chi connectivity index (χ0) is 12.7. The molecule has 0 heterocycles. The van der Waals surface area contributed by atoms with Crippen molar-refractivity contribution in [3.63, 3.8) is 0 Å². The van der Waals surface area contributed by atoms with Gasteiger partial charge in [0.15, 0.2) is 0 Å². The van der Waals surface area contributed by atoms with Gasteiger partial charge in [-0.25, -0.2) is 0 Å². The molecule has 0 fully saturated rings. The first-order valence-electron chi connectivity index (χ1n) is 6.08. The van der Waals surface area contributed by atoms with Crippen LogP contribution in [0.5, 0.6) is 0 Å². The summed E-state index contributed by atoms with van der Waals surface area (Å²) >= 11 is 0. The van der Waals surface area contributed by atoms with Gasteiger partial charge in [0.1, 0.15) is 0 Å². The highest BCUT2D eigenvalue weighted by Crippen LogP contribution is 2.20. The lowest BCUT2D eigenvalue weighted by atomic mass is 10.1. The smallest absolute Gasteiger partial charge is 0.305 e. The molecule has 0 spiro atoms. The Labute approximate surface area is 103 Å². The summed E-state index contributed by atoms with van der Waals surface area (Å²) in [5.41, 5.74) is 3.78. The fraction of sp³-hybridized carbons (Fsp3) is 0.500. The van der Waals surface area contributed by atoms with Crippen LogP contribution in [0.3, 0.4) is 0 Å². The summed E-state index contributed by atoms with van der Waals surface area (Å²) in [4.78, 5) is 11.0. The zero-order valence-electron chi connectivity index (χ0n) is 10.9. The number of carbonyl (C=O) groups is 1. The Balaban J connectivity index is 2.48. The highest BCUT2D eigenvalue weighted by molar-refractivity contribution is 5.69. The van der Waals surface area contributed by atoms with Gasteiger partial charge in [-0.3, -0.25) is 4.79 Å². The molecule has 1 rings (SSSR count). The van der Waals surface area contributed by atoms with Gasteiger partial charge in [0.25, 0.3) is 0 Å². The Hall–Kier alpha value is -1.51. The van der Waals surface area contributed by atoms with Gasteiger partial charge < -0.3 is 10.1 Å². The van der Waals surface area contributed by atoms with Gasteiger partial charge in [0.05, 0.1) is 7.11 Å². The topological polar surface area (TPSA) is 38.3 Å². The SMILES string of the molecule is CCc1cccc(C)c1NCCCC(=O)OC. The molecule has 3 nitrogen and oxygen atoms in total. The number of nitrogens with one attached hydrogen (secondary N) is 1. The number of anilines is 1. The third-order valence-corrected chi connectivity index (χ3v) is 2.83. The van der Waals surface area contributed by atoms with E-state index in [1.165, 1.54) is 23.9 Å². The molecule has 0 aliphatic heterocycles. The minimum absolute atomic E-state index is 0.146. The summed E-state index contributed by atoms with van der Waals surface area (Å²) in [7, 11) is 1.42. The molecule has 0 atom stereocenters. The van der Waals surface area contributed by atoms with Gasteiger partial charge in [0.2, 0.25) is 0 Å². The van der Waals surface area contributed by atoms with Crippen molar-refractivity contribution in [1.29, 1.82) is 0 Å². The molecule has 17 heavy (non-hydrogen) atoms. The highest BCUT2D eigenvalue weighted by Gasteiger charge is 2.04. The second kappa shape index (κ2) is 6.94. The molecule has 1 aromatic rings. The van der Waals surface area contributed by atoms with Gasteiger partial charge in [0, 0.05) is 18.7 Å². The predicted octanol–water partition coefficient (Wildman–Crippen LogP) is 2.92. The van der Waals surface area contributed by atoms with Crippen molar-refractivity contribution in [1.82, 2.24) is 0 Å². The molecule has 3 heteroatoms. The molecule has 1 aromatic carbocycles. The molecule has 94 valence electrons. The maximum atomic E-state index is 11.0. The maximum absolute atomic E-state index is 11.0. The number of hydrogen-bond donors (Lipinski definition) is 1. The number of ether oxygens (including phenoxy) is 1. The highest BCUT2D eigenvalue weighted by atomic mass is 16.5. The van der Waals surface area contributed by atoms with E-state index in [0.29, 0.717) is 6.42 Å². The van der Waals surface area contributed by atoms with Crippen LogP contribution in [0.1, 0.15) is 30.9 Å². The normalized spacial score (nSPS) is 10.1. The first-order chi connectivity index (χ1) is 8.19. The van der Waals surface area contributed by atoms with Crippen LogP contribution in [0.25, 0.3) is 0 Å². The van der Waals surface area contributed by atoms with E-state index in [2.05, 4.69) is 42.1 Å². The molecule has 1 N–H and O–H groups in total. The lowest BCUT2D eigenvalue weighted by molar-refractivity contribution is -0.140. The number of aryl methyl sites for hydroxylation is 2. The maximum Gasteiger partial charge on any atom is 0.305 e. The first kappa shape index (κ1) is 13.6. The summed E-state index contributed by atoms with van der Waals surface area (Å²) in [5, 5.41) is 3.40. The summed E-state index contributed by atoms with van der Waals surface area (Å²) in [6.07, 6.45) is 2.28. The minimum Gasteiger partial charge on any atom is -0.469 e. The number of carbonyl (C=O) groups excluding carboxylic acids is 1. The van der Waals surface area contributed by atoms with Crippen LogP contribution < -0.4 is 5.32 Å². The summed E-state index contributed by atoms with van der Waals surface area (Å²) < 4.78 is 4.60. The third kappa shape index (κ3) is 4.10. The summed E-state index contributed by atoms with van der Waals surface area (Å²) in [5.74, 6) is -0.146. The number of rotatable bonds is 6. The van der Waals surface area contributed by atoms with Crippen molar-refractivity contribution in [2.75, 3.05) is 19.0 Å². The average Bonchev–Trinajstić information content (AvgIpc) is 2.35. The van der Waals surface area contributed by atoms with Crippen LogP contribution in [0.15, 0.2) is 18.2 Å². The van der Waals surface area contributed by atoms with Crippen molar-refractivity contribution in [3.05, 3.63) is 29.3 Å². The molecular formula is C14H21NO2. The molecule has 0 aliphatic carbocycles. The zero-order valence-corrected chi connectivity index (χ0v) is 10.9. The molecule has 0 saturated carbocycles. The van der Waals surface area contributed by atoms with Crippen molar-refractivity contribution in [2.24, 2.45) is 0 Å². The lowest BCUT2D eigenvalue weighted by Gasteiger charge is -2.13. The molecule has 0 bridgehead atoms. The largest absolute Gasteiger partial charge is 0.469 e. The fourth-order valence-electron chi connectivity index (χ4n) is 1.82. The van der Waals surface area contributed by atoms with Gasteiger partial charge in [-0.2, -0.15) is 0 Å². The van der Waals surface area contributed by atoms with E-state index in [1.54, 1.807) is 0 Å². The summed E-state index contributed by atoms with van der Waals surface area (Å²) in [6, 6.07) is 6.31. The second-order valence-electron chi connectivity index (χ2n) is 4.07. The Kier molecular flexibility index (Phi) is 5.53. The Morgan fingerprint density at radius 3 is 2.82 bits per heavy atom. The van der Waals surface area contributed by atoms with E-state index in [9.17, 15) is 4.79 Å². The van der Waals surface area contributed by atoms with Gasteiger partial charge in [-0.05, 0) is 30.9 Å². The van der Waals surface area contributed by atoms with E-state index in [0.717, 1.165) is 19.4 Å². The van der Waals surface area contributed by atoms with Crippen molar-refractivity contribution in [3.8, 4) is 0 Å². The quantitative estimate of drug-likeness (QED) is 0.608. The lowest BCUT2D eigenvalue weighted by Crippen LogP contribution is -2.08. The molecule has 0 unspecified atom stereocenters. The molecule has 0 aromatic heterocycles. The molecule has 0 saturated heterocycles. The van der Waals surface area contributed by atoms with Crippen LogP contribution in [0.4, 0.5) is 5.69 Å². The second-order valence-corrected chi connectivity index (χ2v) is 4.07. The van der Waals surface area contributed by atoms with E-state index in [-0.39, 0.29) is 5.97 Å². The summed E-state index contributed by atoms with van der Waals surface area (Å²) in [6.45, 7) is 5.04. The van der Waals surface area contributed by atoms with Crippen LogP contribution in [-0.4, -0.2) is 19.6 Å².